The summed E-state index contributed by atoms with van der Waals surface area (Å²) < 4.78 is 18.8. The molecule has 1 aliphatic heterocycles. The molecule has 1 aliphatic rings. The second-order valence-corrected chi connectivity index (χ2v) is 9.06. The van der Waals surface area contributed by atoms with Gasteiger partial charge >= 0.3 is 0 Å². The highest BCUT2D eigenvalue weighted by Gasteiger charge is 2.32. The zero-order chi connectivity index (χ0) is 23.7. The number of halogens is 1. The van der Waals surface area contributed by atoms with Crippen molar-refractivity contribution in [3.05, 3.63) is 59.9 Å². The first-order valence-corrected chi connectivity index (χ1v) is 12.1. The molecule has 0 atom stereocenters. The Kier molecular flexibility index (Phi) is 9.27. The Labute approximate surface area is 197 Å². The highest BCUT2D eigenvalue weighted by molar-refractivity contribution is 5.91. The molecule has 0 aliphatic carbocycles. The quantitative estimate of drug-likeness (QED) is 0.493. The summed E-state index contributed by atoms with van der Waals surface area (Å²) >= 11 is 0. The molecule has 2 aromatic carbocycles. The fraction of sp³-hybridized carbons (Fsp3) is 0.519. The summed E-state index contributed by atoms with van der Waals surface area (Å²) in [5, 5.41) is 11.1. The van der Waals surface area contributed by atoms with Crippen LogP contribution >= 0.6 is 0 Å². The number of aliphatic hydroxyl groups is 1. The highest BCUT2D eigenvalue weighted by Crippen LogP contribution is 2.28. The van der Waals surface area contributed by atoms with Gasteiger partial charge in [-0.15, -0.1) is 0 Å². The zero-order valence-corrected chi connectivity index (χ0v) is 19.9. The van der Waals surface area contributed by atoms with Crippen molar-refractivity contribution in [2.75, 3.05) is 37.7 Å². The van der Waals surface area contributed by atoms with Crippen LogP contribution in [-0.4, -0.2) is 54.3 Å². The summed E-state index contributed by atoms with van der Waals surface area (Å²) in [6.45, 7) is 7.41. The van der Waals surface area contributed by atoms with Crippen molar-refractivity contribution in [2.24, 2.45) is 0 Å². The molecule has 0 radical (unpaired) electrons. The van der Waals surface area contributed by atoms with Crippen LogP contribution in [0.5, 0.6) is 5.75 Å². The molecule has 1 amide bonds. The molecule has 3 rings (SSSR count). The summed E-state index contributed by atoms with van der Waals surface area (Å²) in [6.07, 6.45) is 4.90. The van der Waals surface area contributed by atoms with E-state index < -0.39 is 5.60 Å². The molecule has 180 valence electrons. The number of likely N-dealkylation sites (tertiary alicyclic amines) is 1. The molecule has 6 heteroatoms. The second-order valence-electron chi connectivity index (χ2n) is 9.06. The van der Waals surface area contributed by atoms with E-state index in [4.69, 9.17) is 4.74 Å². The number of hydrogen-bond acceptors (Lipinski definition) is 4. The lowest BCUT2D eigenvalue weighted by atomic mass is 9.87. The lowest BCUT2D eigenvalue weighted by Crippen LogP contribution is -2.47. The summed E-state index contributed by atoms with van der Waals surface area (Å²) in [7, 11) is 0. The zero-order valence-electron chi connectivity index (χ0n) is 19.9. The van der Waals surface area contributed by atoms with Gasteiger partial charge < -0.3 is 19.6 Å². The fourth-order valence-corrected chi connectivity index (χ4v) is 4.23. The Morgan fingerprint density at radius 2 is 1.79 bits per heavy atom. The molecule has 2 aromatic rings. The normalized spacial score (nSPS) is 15.9. The first kappa shape index (κ1) is 25.2. The Hall–Kier alpha value is -2.44. The van der Waals surface area contributed by atoms with Gasteiger partial charge in [0.25, 0.3) is 0 Å². The molecular weight excluding hydrogens is 419 g/mol. The molecule has 1 N–H and O–H groups in total. The predicted molar refractivity (Wildman–Crippen MR) is 130 cm³/mol. The molecule has 1 heterocycles. The van der Waals surface area contributed by atoms with Crippen LogP contribution in [0.15, 0.2) is 48.5 Å². The van der Waals surface area contributed by atoms with Gasteiger partial charge in [0.05, 0.1) is 12.2 Å². The number of rotatable bonds is 11. The lowest BCUT2D eigenvalue weighted by molar-refractivity contribution is -0.116. The average Bonchev–Trinajstić information content (AvgIpc) is 2.81. The third-order valence-corrected chi connectivity index (χ3v) is 6.51. The van der Waals surface area contributed by atoms with E-state index in [0.29, 0.717) is 32.4 Å². The van der Waals surface area contributed by atoms with E-state index in [1.807, 2.05) is 36.4 Å². The number of anilines is 1. The van der Waals surface area contributed by atoms with Crippen molar-refractivity contribution < 1.29 is 19.0 Å². The topological polar surface area (TPSA) is 53.0 Å². The number of nitrogens with zero attached hydrogens (tertiary/aromatic N) is 2. The number of amides is 1. The molecule has 1 saturated heterocycles. The maximum atomic E-state index is 13.1. The van der Waals surface area contributed by atoms with E-state index in [-0.39, 0.29) is 11.7 Å². The van der Waals surface area contributed by atoms with Crippen LogP contribution in [0.25, 0.3) is 0 Å². The number of carbonyl (C=O) groups excluding carboxylic acids is 1. The van der Waals surface area contributed by atoms with E-state index >= 15 is 0 Å². The number of carbonyl (C=O) groups is 1. The summed E-state index contributed by atoms with van der Waals surface area (Å²) in [6, 6.07) is 14.3. The van der Waals surface area contributed by atoms with Gasteiger partial charge in [0.1, 0.15) is 11.6 Å². The molecule has 0 spiro atoms. The van der Waals surface area contributed by atoms with Crippen molar-refractivity contribution in [3.63, 3.8) is 0 Å². The first-order valence-electron chi connectivity index (χ1n) is 12.1. The van der Waals surface area contributed by atoms with Crippen molar-refractivity contribution in [2.45, 2.75) is 58.0 Å². The van der Waals surface area contributed by atoms with Crippen molar-refractivity contribution in [1.29, 1.82) is 0 Å². The molecular formula is C27H37FN2O3. The van der Waals surface area contributed by atoms with E-state index in [1.54, 1.807) is 11.8 Å². The van der Waals surface area contributed by atoms with Crippen LogP contribution in [0.4, 0.5) is 10.1 Å². The Balaban J connectivity index is 1.47. The van der Waals surface area contributed by atoms with Crippen molar-refractivity contribution in [3.8, 4) is 5.75 Å². The van der Waals surface area contributed by atoms with Crippen LogP contribution in [0, 0.1) is 5.82 Å². The van der Waals surface area contributed by atoms with Gasteiger partial charge in [0.15, 0.2) is 0 Å². The van der Waals surface area contributed by atoms with Crippen molar-refractivity contribution in [1.82, 2.24) is 4.90 Å². The highest BCUT2D eigenvalue weighted by atomic mass is 19.1. The molecule has 33 heavy (non-hydrogen) atoms. The smallest absolute Gasteiger partial charge is 0.223 e. The summed E-state index contributed by atoms with van der Waals surface area (Å²) in [5.41, 5.74) is 1.19. The van der Waals surface area contributed by atoms with Crippen LogP contribution in [-0.2, 0) is 11.2 Å². The second kappa shape index (κ2) is 12.1. The van der Waals surface area contributed by atoms with Gasteiger partial charge in [-0.25, -0.2) is 4.39 Å². The minimum Gasteiger partial charge on any atom is -0.494 e. The van der Waals surface area contributed by atoms with Gasteiger partial charge in [-0.1, -0.05) is 25.5 Å². The summed E-state index contributed by atoms with van der Waals surface area (Å²) in [5.74, 6) is 0.565. The van der Waals surface area contributed by atoms with Gasteiger partial charge in [-0.3, -0.25) is 4.79 Å². The minimum absolute atomic E-state index is 0.0324. The Morgan fingerprint density at radius 1 is 1.12 bits per heavy atom. The third kappa shape index (κ3) is 7.83. The average molecular weight is 457 g/mol. The molecule has 0 bridgehead atoms. The van der Waals surface area contributed by atoms with E-state index in [9.17, 15) is 14.3 Å². The van der Waals surface area contributed by atoms with Crippen molar-refractivity contribution >= 4 is 11.6 Å². The first-order chi connectivity index (χ1) is 15.9. The fourth-order valence-electron chi connectivity index (χ4n) is 4.23. The third-order valence-electron chi connectivity index (χ3n) is 6.51. The molecule has 0 unspecified atom stereocenters. The standard InChI is InChI=1S/C27H37FN2O3/c1-3-4-21-33-26-11-9-25(10-12-26)30(22(2)31)20-16-27(32)14-18-29(19-15-27)17-13-23-5-7-24(28)8-6-23/h5-12,32H,3-4,13-21H2,1-2H3. The monoisotopic (exact) mass is 456 g/mol. The SMILES string of the molecule is CCCCOc1ccc(N(CCC2(O)CCN(CCc3ccc(F)cc3)CC2)C(C)=O)cc1. The number of benzene rings is 2. The van der Waals surface area contributed by atoms with Gasteiger partial charge in [-0.05, 0) is 74.1 Å². The largest absolute Gasteiger partial charge is 0.494 e. The van der Waals surface area contributed by atoms with Crippen LogP contribution < -0.4 is 9.64 Å². The van der Waals surface area contributed by atoms with E-state index in [1.165, 1.54) is 12.1 Å². The van der Waals surface area contributed by atoms with Gasteiger partial charge in [0, 0.05) is 38.8 Å². The van der Waals surface area contributed by atoms with Gasteiger partial charge in [0.2, 0.25) is 5.91 Å². The van der Waals surface area contributed by atoms with Crippen LogP contribution in [0.3, 0.4) is 0 Å². The Bertz CT molecular complexity index is 862. The molecule has 0 saturated carbocycles. The van der Waals surface area contributed by atoms with Crippen LogP contribution in [0.1, 0.15) is 51.5 Å². The Morgan fingerprint density at radius 3 is 2.39 bits per heavy atom. The van der Waals surface area contributed by atoms with Gasteiger partial charge in [-0.2, -0.15) is 0 Å². The van der Waals surface area contributed by atoms with Crippen LogP contribution in [0.2, 0.25) is 0 Å². The maximum absolute atomic E-state index is 13.1. The predicted octanol–water partition coefficient (Wildman–Crippen LogP) is 4.82. The number of ether oxygens (including phenoxy) is 1. The number of piperidine rings is 1. The summed E-state index contributed by atoms with van der Waals surface area (Å²) in [4.78, 5) is 16.4. The molecule has 1 fully saturated rings. The molecule has 0 aromatic heterocycles. The maximum Gasteiger partial charge on any atom is 0.223 e. The minimum atomic E-state index is -0.761. The van der Waals surface area contributed by atoms with E-state index in [0.717, 1.165) is 55.9 Å². The number of unbranched alkanes of at least 4 members (excludes halogenated alkanes) is 1. The van der Waals surface area contributed by atoms with E-state index in [2.05, 4.69) is 11.8 Å². The number of hydrogen-bond donors (Lipinski definition) is 1. The lowest BCUT2D eigenvalue weighted by Gasteiger charge is -2.39. The molecule has 5 nitrogen and oxygen atoms in total.